The molecule has 0 unspecified atom stereocenters. The van der Waals surface area contributed by atoms with Crippen LogP contribution in [0.4, 0.5) is 10.1 Å². The number of nitrogens with zero attached hydrogens (tertiary/aromatic N) is 2. The number of hydrogen-bond acceptors (Lipinski definition) is 6. The van der Waals surface area contributed by atoms with E-state index in [1.165, 1.54) is 12.1 Å². The Morgan fingerprint density at radius 2 is 1.62 bits per heavy atom. The predicted molar refractivity (Wildman–Crippen MR) is 105 cm³/mol. The van der Waals surface area contributed by atoms with Gasteiger partial charge in [-0.25, -0.2) is 4.39 Å². The second-order valence-corrected chi connectivity index (χ2v) is 7.07. The van der Waals surface area contributed by atoms with Crippen molar-refractivity contribution in [3.05, 3.63) is 53.8 Å². The molecule has 0 bridgehead atoms. The third-order valence-electron chi connectivity index (χ3n) is 5.04. The quantitative estimate of drug-likeness (QED) is 0.750. The Labute approximate surface area is 168 Å². The number of para-hydroxylation sites is 1. The summed E-state index contributed by atoms with van der Waals surface area (Å²) >= 11 is 0. The molecule has 8 heteroatoms. The van der Waals surface area contributed by atoms with Crippen LogP contribution in [0.25, 0.3) is 0 Å². The number of halogens is 1. The molecule has 0 aromatic heterocycles. The van der Waals surface area contributed by atoms with Crippen LogP contribution in [0, 0.1) is 5.82 Å². The fraction of sp³-hybridized carbons (Fsp3) is 0.333. The van der Waals surface area contributed by atoms with E-state index in [1.54, 1.807) is 30.3 Å². The zero-order valence-corrected chi connectivity index (χ0v) is 15.9. The average molecular weight is 399 g/mol. The lowest BCUT2D eigenvalue weighted by Gasteiger charge is -2.33. The summed E-state index contributed by atoms with van der Waals surface area (Å²) < 4.78 is 24.2. The maximum absolute atomic E-state index is 13.6. The van der Waals surface area contributed by atoms with E-state index in [-0.39, 0.29) is 30.7 Å². The zero-order chi connectivity index (χ0) is 20.2. The van der Waals surface area contributed by atoms with E-state index in [9.17, 15) is 14.0 Å². The first kappa shape index (κ1) is 19.4. The fourth-order valence-corrected chi connectivity index (χ4v) is 3.43. The van der Waals surface area contributed by atoms with Gasteiger partial charge in [0, 0.05) is 31.7 Å². The molecule has 0 aliphatic carbocycles. The molecule has 0 radical (unpaired) electrons. The summed E-state index contributed by atoms with van der Waals surface area (Å²) in [6.45, 7) is 3.39. The Hall–Kier alpha value is -2.97. The number of nitrogens with one attached hydrogen (secondary N) is 1. The normalized spacial score (nSPS) is 16.6. The molecule has 1 saturated heterocycles. The van der Waals surface area contributed by atoms with Gasteiger partial charge in [-0.3, -0.25) is 19.4 Å². The number of carbonyl (C=O) groups is 2. The van der Waals surface area contributed by atoms with Crippen LogP contribution in [-0.2, 0) is 4.79 Å². The maximum atomic E-state index is 13.6. The third-order valence-corrected chi connectivity index (χ3v) is 5.04. The van der Waals surface area contributed by atoms with Gasteiger partial charge in [0.25, 0.3) is 0 Å². The number of hydrogen-bond donors (Lipinski definition) is 1. The second kappa shape index (κ2) is 8.59. The van der Waals surface area contributed by atoms with Gasteiger partial charge in [0.15, 0.2) is 17.3 Å². The molecule has 0 saturated carbocycles. The molecule has 2 aliphatic heterocycles. The number of ketones is 1. The minimum Gasteiger partial charge on any atom is -0.454 e. The Balaban J connectivity index is 1.23. The lowest BCUT2D eigenvalue weighted by atomic mass is 10.1. The van der Waals surface area contributed by atoms with Crippen molar-refractivity contribution in [3.8, 4) is 11.5 Å². The number of fused-ring (bicyclic) bond motifs is 1. The minimum atomic E-state index is -0.451. The maximum Gasteiger partial charge on any atom is 0.238 e. The number of rotatable bonds is 6. The van der Waals surface area contributed by atoms with E-state index < -0.39 is 5.82 Å². The first-order valence-corrected chi connectivity index (χ1v) is 9.50. The van der Waals surface area contributed by atoms with Crippen LogP contribution in [0.15, 0.2) is 42.5 Å². The van der Waals surface area contributed by atoms with Crippen molar-refractivity contribution in [3.63, 3.8) is 0 Å². The van der Waals surface area contributed by atoms with Crippen molar-refractivity contribution in [2.24, 2.45) is 0 Å². The van der Waals surface area contributed by atoms with E-state index in [4.69, 9.17) is 9.47 Å². The van der Waals surface area contributed by atoms with Crippen LogP contribution in [-0.4, -0.2) is 67.6 Å². The molecule has 152 valence electrons. The first-order chi connectivity index (χ1) is 14.1. The van der Waals surface area contributed by atoms with Crippen molar-refractivity contribution < 1.29 is 23.5 Å². The summed E-state index contributed by atoms with van der Waals surface area (Å²) in [4.78, 5) is 28.8. The number of amides is 1. The van der Waals surface area contributed by atoms with Crippen LogP contribution in [0.1, 0.15) is 10.4 Å². The minimum absolute atomic E-state index is 0.0223. The van der Waals surface area contributed by atoms with E-state index >= 15 is 0 Å². The summed E-state index contributed by atoms with van der Waals surface area (Å²) in [5.74, 6) is 0.576. The molecular formula is C21H22FN3O4. The van der Waals surface area contributed by atoms with Gasteiger partial charge in [0.2, 0.25) is 12.7 Å². The predicted octanol–water partition coefficient (Wildman–Crippen LogP) is 1.99. The number of carbonyl (C=O) groups excluding carboxylic acids is 2. The molecular weight excluding hydrogens is 377 g/mol. The molecule has 4 rings (SSSR count). The monoisotopic (exact) mass is 399 g/mol. The molecule has 2 heterocycles. The molecule has 1 fully saturated rings. The van der Waals surface area contributed by atoms with Gasteiger partial charge < -0.3 is 14.8 Å². The van der Waals surface area contributed by atoms with Crippen LogP contribution >= 0.6 is 0 Å². The van der Waals surface area contributed by atoms with Crippen LogP contribution in [0.2, 0.25) is 0 Å². The van der Waals surface area contributed by atoms with Crippen molar-refractivity contribution in [2.45, 2.75) is 0 Å². The Morgan fingerprint density at radius 3 is 2.38 bits per heavy atom. The Bertz CT molecular complexity index is 913. The molecule has 1 amide bonds. The van der Waals surface area contributed by atoms with E-state index in [0.717, 1.165) is 0 Å². The molecule has 0 spiro atoms. The Morgan fingerprint density at radius 1 is 0.931 bits per heavy atom. The number of anilines is 1. The molecule has 0 atom stereocenters. The van der Waals surface area contributed by atoms with Gasteiger partial charge in [-0.1, -0.05) is 12.1 Å². The van der Waals surface area contributed by atoms with Crippen LogP contribution in [0.5, 0.6) is 11.5 Å². The second-order valence-electron chi connectivity index (χ2n) is 7.07. The van der Waals surface area contributed by atoms with Gasteiger partial charge in [-0.05, 0) is 30.3 Å². The molecule has 2 aromatic rings. The summed E-state index contributed by atoms with van der Waals surface area (Å²) in [6.07, 6.45) is 0. The standard InChI is InChI=1S/C21H22FN3O4/c22-16-3-1-2-4-17(16)23-21(27)13-25-9-7-24(8-10-25)12-18(26)15-5-6-19-20(11-15)29-14-28-19/h1-6,11H,7-10,12-14H2,(H,23,27). The topological polar surface area (TPSA) is 71.1 Å². The van der Waals surface area contributed by atoms with Gasteiger partial charge in [-0.2, -0.15) is 0 Å². The van der Waals surface area contributed by atoms with Crippen molar-refractivity contribution in [2.75, 3.05) is 51.4 Å². The highest BCUT2D eigenvalue weighted by atomic mass is 19.1. The SMILES string of the molecule is O=C(CN1CCN(CC(=O)c2ccc3c(c2)OCO3)CC1)Nc1ccccc1F. The summed E-state index contributed by atoms with van der Waals surface area (Å²) in [5, 5.41) is 2.60. The van der Waals surface area contributed by atoms with Crippen molar-refractivity contribution >= 4 is 17.4 Å². The van der Waals surface area contributed by atoms with Gasteiger partial charge in [0.1, 0.15) is 5.82 Å². The highest BCUT2D eigenvalue weighted by Gasteiger charge is 2.22. The Kier molecular flexibility index (Phi) is 5.73. The molecule has 2 aromatic carbocycles. The van der Waals surface area contributed by atoms with Crippen LogP contribution < -0.4 is 14.8 Å². The fourth-order valence-electron chi connectivity index (χ4n) is 3.43. The van der Waals surface area contributed by atoms with E-state index in [1.807, 2.05) is 4.90 Å². The highest BCUT2D eigenvalue weighted by Crippen LogP contribution is 2.32. The first-order valence-electron chi connectivity index (χ1n) is 9.50. The highest BCUT2D eigenvalue weighted by molar-refractivity contribution is 5.98. The summed E-state index contributed by atoms with van der Waals surface area (Å²) in [7, 11) is 0. The summed E-state index contributed by atoms with van der Waals surface area (Å²) in [6, 6.07) is 11.3. The van der Waals surface area contributed by atoms with Gasteiger partial charge in [0.05, 0.1) is 18.8 Å². The number of piperazine rings is 1. The van der Waals surface area contributed by atoms with E-state index in [2.05, 4.69) is 10.2 Å². The van der Waals surface area contributed by atoms with Gasteiger partial charge in [-0.15, -0.1) is 0 Å². The lowest BCUT2D eigenvalue weighted by Crippen LogP contribution is -2.49. The smallest absolute Gasteiger partial charge is 0.238 e. The average Bonchev–Trinajstić information content (AvgIpc) is 3.19. The van der Waals surface area contributed by atoms with Gasteiger partial charge >= 0.3 is 0 Å². The molecule has 2 aliphatic rings. The summed E-state index contributed by atoms with van der Waals surface area (Å²) in [5.41, 5.74) is 0.784. The number of ether oxygens (including phenoxy) is 2. The number of benzene rings is 2. The van der Waals surface area contributed by atoms with Crippen LogP contribution in [0.3, 0.4) is 0 Å². The molecule has 1 N–H and O–H groups in total. The number of Topliss-reactive ketones (excluding diaryl/α,β-unsaturated/α-hetero) is 1. The lowest BCUT2D eigenvalue weighted by molar-refractivity contribution is -0.117. The third kappa shape index (κ3) is 4.72. The molecule has 7 nitrogen and oxygen atoms in total. The van der Waals surface area contributed by atoms with Crippen molar-refractivity contribution in [1.29, 1.82) is 0 Å². The molecule has 29 heavy (non-hydrogen) atoms. The van der Waals surface area contributed by atoms with Crippen molar-refractivity contribution in [1.82, 2.24) is 9.80 Å². The zero-order valence-electron chi connectivity index (χ0n) is 15.9. The van der Waals surface area contributed by atoms with E-state index in [0.29, 0.717) is 49.8 Å². The largest absolute Gasteiger partial charge is 0.454 e.